The van der Waals surface area contributed by atoms with Crippen LogP contribution in [0.5, 0.6) is 0 Å². The summed E-state index contributed by atoms with van der Waals surface area (Å²) in [6.07, 6.45) is 9.97. The van der Waals surface area contributed by atoms with Crippen molar-refractivity contribution in [2.24, 2.45) is 11.8 Å². The monoisotopic (exact) mass is 222 g/mol. The zero-order valence-electron chi connectivity index (χ0n) is 10.6. The van der Waals surface area contributed by atoms with Crippen LogP contribution in [0.25, 0.3) is 0 Å². The summed E-state index contributed by atoms with van der Waals surface area (Å²) in [6.45, 7) is 4.78. The highest BCUT2D eigenvalue weighted by molar-refractivity contribution is 5.00. The van der Waals surface area contributed by atoms with E-state index >= 15 is 0 Å². The van der Waals surface area contributed by atoms with Crippen LogP contribution in [0.2, 0.25) is 0 Å². The largest absolute Gasteiger partial charge is 0.312 e. The molecule has 16 heavy (non-hydrogen) atoms. The van der Waals surface area contributed by atoms with Crippen molar-refractivity contribution in [2.45, 2.75) is 63.5 Å². The summed E-state index contributed by atoms with van der Waals surface area (Å²) in [5.74, 6) is 2.06. The Kier molecular flexibility index (Phi) is 2.97. The molecule has 3 aliphatic rings. The summed E-state index contributed by atoms with van der Waals surface area (Å²) in [4.78, 5) is 0. The van der Waals surface area contributed by atoms with E-state index in [1.807, 2.05) is 0 Å². The van der Waals surface area contributed by atoms with Gasteiger partial charge >= 0.3 is 0 Å². The van der Waals surface area contributed by atoms with Gasteiger partial charge in [0.1, 0.15) is 0 Å². The second-order valence-electron chi connectivity index (χ2n) is 6.25. The fourth-order valence-corrected chi connectivity index (χ4v) is 3.39. The van der Waals surface area contributed by atoms with Gasteiger partial charge in [-0.1, -0.05) is 6.92 Å². The first-order valence-electron chi connectivity index (χ1n) is 7.31. The molecule has 0 aromatic carbocycles. The number of rotatable bonds is 6. The van der Waals surface area contributed by atoms with Crippen molar-refractivity contribution in [2.75, 3.05) is 13.1 Å². The molecule has 1 saturated heterocycles. The van der Waals surface area contributed by atoms with Crippen LogP contribution in [0, 0.1) is 11.8 Å². The molecule has 3 rings (SSSR count). The topological polar surface area (TPSA) is 24.1 Å². The molecular formula is C14H26N2. The van der Waals surface area contributed by atoms with E-state index in [0.717, 1.165) is 17.9 Å². The van der Waals surface area contributed by atoms with Crippen molar-refractivity contribution in [3.8, 4) is 0 Å². The summed E-state index contributed by atoms with van der Waals surface area (Å²) in [5, 5.41) is 7.65. The Hall–Kier alpha value is -0.0800. The molecule has 2 nitrogen and oxygen atoms in total. The third-order valence-corrected chi connectivity index (χ3v) is 4.94. The first-order chi connectivity index (χ1) is 7.83. The maximum atomic E-state index is 3.91. The third kappa shape index (κ3) is 2.28. The molecule has 1 unspecified atom stereocenters. The molecule has 0 bridgehead atoms. The molecule has 1 heterocycles. The molecule has 3 fully saturated rings. The standard InChI is InChI=1S/C14H26N2/c1-2-14(8-3-9-16-14)10-15-13(11-4-5-11)12-6-7-12/h11-13,15-16H,2-10H2,1H3. The van der Waals surface area contributed by atoms with E-state index in [2.05, 4.69) is 17.6 Å². The van der Waals surface area contributed by atoms with Crippen molar-refractivity contribution >= 4 is 0 Å². The molecule has 0 aromatic rings. The fraction of sp³-hybridized carbons (Fsp3) is 1.00. The Morgan fingerprint density at radius 3 is 2.38 bits per heavy atom. The predicted molar refractivity (Wildman–Crippen MR) is 67.5 cm³/mol. The Bertz CT molecular complexity index is 225. The third-order valence-electron chi connectivity index (χ3n) is 4.94. The Morgan fingerprint density at radius 2 is 1.94 bits per heavy atom. The summed E-state index contributed by atoms with van der Waals surface area (Å²) < 4.78 is 0. The van der Waals surface area contributed by atoms with E-state index in [4.69, 9.17) is 0 Å². The van der Waals surface area contributed by atoms with Crippen molar-refractivity contribution in [1.29, 1.82) is 0 Å². The minimum atomic E-state index is 0.433. The second-order valence-corrected chi connectivity index (χ2v) is 6.25. The average Bonchev–Trinajstić information content (AvgIpc) is 3.21. The van der Waals surface area contributed by atoms with Crippen LogP contribution in [0.1, 0.15) is 51.9 Å². The van der Waals surface area contributed by atoms with Gasteiger partial charge < -0.3 is 10.6 Å². The lowest BCUT2D eigenvalue weighted by Gasteiger charge is -2.31. The minimum absolute atomic E-state index is 0.433. The first-order valence-corrected chi connectivity index (χ1v) is 7.31. The molecule has 1 atom stereocenters. The minimum Gasteiger partial charge on any atom is -0.312 e. The Labute approximate surface area is 99.6 Å². The van der Waals surface area contributed by atoms with Crippen molar-refractivity contribution in [3.63, 3.8) is 0 Å². The quantitative estimate of drug-likeness (QED) is 0.720. The van der Waals surface area contributed by atoms with Gasteiger partial charge in [0.25, 0.3) is 0 Å². The van der Waals surface area contributed by atoms with Crippen molar-refractivity contribution in [3.05, 3.63) is 0 Å². The van der Waals surface area contributed by atoms with Crippen LogP contribution >= 0.6 is 0 Å². The molecule has 2 aliphatic carbocycles. The zero-order chi connectivity index (χ0) is 11.0. The number of nitrogens with one attached hydrogen (secondary N) is 2. The highest BCUT2D eigenvalue weighted by atomic mass is 15.1. The summed E-state index contributed by atoms with van der Waals surface area (Å²) in [5.41, 5.74) is 0.433. The fourth-order valence-electron chi connectivity index (χ4n) is 3.39. The SMILES string of the molecule is CCC1(CNC(C2CC2)C2CC2)CCCN1. The Morgan fingerprint density at radius 1 is 1.25 bits per heavy atom. The molecule has 0 spiro atoms. The molecule has 2 N–H and O–H groups in total. The number of hydrogen-bond acceptors (Lipinski definition) is 2. The van der Waals surface area contributed by atoms with Crippen LogP contribution in [0.15, 0.2) is 0 Å². The molecular weight excluding hydrogens is 196 g/mol. The average molecular weight is 222 g/mol. The van der Waals surface area contributed by atoms with Gasteiger partial charge in [-0.05, 0) is 63.3 Å². The van der Waals surface area contributed by atoms with Gasteiger partial charge in [-0.2, -0.15) is 0 Å². The van der Waals surface area contributed by atoms with Gasteiger partial charge in [0.05, 0.1) is 0 Å². The molecule has 2 heteroatoms. The summed E-state index contributed by atoms with van der Waals surface area (Å²) >= 11 is 0. The van der Waals surface area contributed by atoms with Gasteiger partial charge in [0, 0.05) is 18.1 Å². The van der Waals surface area contributed by atoms with E-state index < -0.39 is 0 Å². The van der Waals surface area contributed by atoms with E-state index in [0.29, 0.717) is 5.54 Å². The maximum absolute atomic E-state index is 3.91. The van der Waals surface area contributed by atoms with Gasteiger partial charge in [-0.25, -0.2) is 0 Å². The lowest BCUT2D eigenvalue weighted by atomic mass is 9.93. The van der Waals surface area contributed by atoms with Crippen LogP contribution in [0.4, 0.5) is 0 Å². The van der Waals surface area contributed by atoms with Gasteiger partial charge in [-0.3, -0.25) is 0 Å². The van der Waals surface area contributed by atoms with Crippen molar-refractivity contribution < 1.29 is 0 Å². The van der Waals surface area contributed by atoms with Gasteiger partial charge in [0.2, 0.25) is 0 Å². The summed E-state index contributed by atoms with van der Waals surface area (Å²) in [6, 6.07) is 0.867. The molecule has 1 aliphatic heterocycles. The van der Waals surface area contributed by atoms with Crippen LogP contribution in [-0.4, -0.2) is 24.7 Å². The Balaban J connectivity index is 1.53. The molecule has 0 radical (unpaired) electrons. The zero-order valence-corrected chi connectivity index (χ0v) is 10.6. The van der Waals surface area contributed by atoms with E-state index in [-0.39, 0.29) is 0 Å². The molecule has 92 valence electrons. The van der Waals surface area contributed by atoms with Gasteiger partial charge in [-0.15, -0.1) is 0 Å². The molecule has 0 amide bonds. The maximum Gasteiger partial charge on any atom is 0.0304 e. The van der Waals surface area contributed by atoms with Gasteiger partial charge in [0.15, 0.2) is 0 Å². The summed E-state index contributed by atoms with van der Waals surface area (Å²) in [7, 11) is 0. The highest BCUT2D eigenvalue weighted by Crippen LogP contribution is 2.44. The van der Waals surface area contributed by atoms with E-state index in [9.17, 15) is 0 Å². The number of hydrogen-bond donors (Lipinski definition) is 2. The second kappa shape index (κ2) is 4.30. The molecule has 0 aromatic heterocycles. The normalized spacial score (nSPS) is 34.9. The first kappa shape index (κ1) is 11.0. The van der Waals surface area contributed by atoms with E-state index in [1.54, 1.807) is 0 Å². The highest BCUT2D eigenvalue weighted by Gasteiger charge is 2.42. The van der Waals surface area contributed by atoms with Crippen LogP contribution in [0.3, 0.4) is 0 Å². The van der Waals surface area contributed by atoms with Crippen molar-refractivity contribution in [1.82, 2.24) is 10.6 Å². The lowest BCUT2D eigenvalue weighted by molar-refractivity contribution is 0.300. The van der Waals surface area contributed by atoms with Crippen LogP contribution < -0.4 is 10.6 Å². The van der Waals surface area contributed by atoms with E-state index in [1.165, 1.54) is 58.0 Å². The van der Waals surface area contributed by atoms with Crippen LogP contribution in [-0.2, 0) is 0 Å². The predicted octanol–water partition coefficient (Wildman–Crippen LogP) is 2.30. The lowest BCUT2D eigenvalue weighted by Crippen LogP contribution is -2.51. The smallest absolute Gasteiger partial charge is 0.0304 e. The molecule has 2 saturated carbocycles.